The Balaban J connectivity index is 2.06. The molecule has 1 saturated heterocycles. The lowest BCUT2D eigenvalue weighted by molar-refractivity contribution is -0.0924. The van der Waals surface area contributed by atoms with E-state index in [1.165, 1.54) is 6.33 Å². The summed E-state index contributed by atoms with van der Waals surface area (Å²) in [5.41, 5.74) is 0.927. The number of hydrogen-bond acceptors (Lipinski definition) is 5. The summed E-state index contributed by atoms with van der Waals surface area (Å²) >= 11 is 5.95. The highest BCUT2D eigenvalue weighted by atomic mass is 35.5. The van der Waals surface area contributed by atoms with Crippen molar-refractivity contribution >= 4 is 23.1 Å². The highest BCUT2D eigenvalue weighted by molar-refractivity contribution is 6.32. The van der Waals surface area contributed by atoms with Crippen LogP contribution in [0.3, 0.4) is 0 Å². The normalized spacial score (nSPS) is 17.7. The second-order valence-corrected chi connectivity index (χ2v) is 4.65. The van der Waals surface area contributed by atoms with E-state index < -0.39 is 0 Å². The summed E-state index contributed by atoms with van der Waals surface area (Å²) in [4.78, 5) is 8.08. The highest BCUT2D eigenvalue weighted by Crippen LogP contribution is 2.29. The molecule has 2 N–H and O–H groups in total. The fraction of sp³-hybridized carbons (Fsp3) is 0.600. The van der Waals surface area contributed by atoms with E-state index in [4.69, 9.17) is 16.3 Å². The summed E-state index contributed by atoms with van der Waals surface area (Å²) in [6, 6.07) is 0. The van der Waals surface area contributed by atoms with Crippen molar-refractivity contribution in [2.24, 2.45) is 5.41 Å². The third kappa shape index (κ3) is 2.20. The van der Waals surface area contributed by atoms with E-state index >= 15 is 0 Å². The third-order valence-corrected chi connectivity index (χ3v) is 2.92. The van der Waals surface area contributed by atoms with E-state index in [2.05, 4.69) is 27.5 Å². The summed E-state index contributed by atoms with van der Waals surface area (Å²) in [6.07, 6.45) is 1.45. The van der Waals surface area contributed by atoms with Gasteiger partial charge < -0.3 is 15.4 Å². The third-order valence-electron chi connectivity index (χ3n) is 2.63. The number of rotatable bonds is 4. The van der Waals surface area contributed by atoms with Crippen LogP contribution in [-0.2, 0) is 4.74 Å². The van der Waals surface area contributed by atoms with Gasteiger partial charge in [-0.05, 0) is 0 Å². The van der Waals surface area contributed by atoms with Crippen molar-refractivity contribution in [3.8, 4) is 0 Å². The van der Waals surface area contributed by atoms with Crippen LogP contribution in [0.25, 0.3) is 0 Å². The quantitative estimate of drug-likeness (QED) is 0.786. The predicted octanol–water partition coefficient (Wildman–Crippen LogP) is 1.62. The van der Waals surface area contributed by atoms with Gasteiger partial charge in [-0.15, -0.1) is 0 Å². The number of aromatic nitrogens is 2. The average molecular weight is 243 g/mol. The Labute approximate surface area is 99.6 Å². The van der Waals surface area contributed by atoms with E-state index in [0.717, 1.165) is 31.3 Å². The molecule has 5 nitrogen and oxygen atoms in total. The Morgan fingerprint density at radius 1 is 1.50 bits per heavy atom. The van der Waals surface area contributed by atoms with Crippen LogP contribution in [0.1, 0.15) is 6.92 Å². The molecule has 0 spiro atoms. The molecule has 2 heterocycles. The van der Waals surface area contributed by atoms with Crippen LogP contribution in [0.15, 0.2) is 6.33 Å². The van der Waals surface area contributed by atoms with Crippen LogP contribution in [0.5, 0.6) is 0 Å². The molecule has 1 fully saturated rings. The molecule has 1 aromatic rings. The summed E-state index contributed by atoms with van der Waals surface area (Å²) in [7, 11) is 1.80. The van der Waals surface area contributed by atoms with Crippen molar-refractivity contribution in [2.45, 2.75) is 6.92 Å². The molecule has 0 saturated carbocycles. The van der Waals surface area contributed by atoms with E-state index in [9.17, 15) is 0 Å². The molecule has 1 aromatic heterocycles. The van der Waals surface area contributed by atoms with Crippen LogP contribution in [0.4, 0.5) is 11.5 Å². The smallest absolute Gasteiger partial charge is 0.157 e. The van der Waals surface area contributed by atoms with Crippen molar-refractivity contribution in [2.75, 3.05) is 37.4 Å². The maximum Gasteiger partial charge on any atom is 0.157 e. The van der Waals surface area contributed by atoms with E-state index in [1.807, 2.05) is 0 Å². The number of anilines is 2. The molecule has 0 radical (unpaired) electrons. The van der Waals surface area contributed by atoms with Crippen LogP contribution >= 0.6 is 11.6 Å². The molecule has 88 valence electrons. The lowest BCUT2D eigenvalue weighted by Gasteiger charge is -2.38. The Morgan fingerprint density at radius 2 is 2.25 bits per heavy atom. The molecular formula is C10H15ClN4O. The maximum atomic E-state index is 5.95. The van der Waals surface area contributed by atoms with E-state index in [0.29, 0.717) is 5.15 Å². The zero-order valence-corrected chi connectivity index (χ0v) is 10.1. The minimum atomic E-state index is 0.197. The molecule has 1 aliphatic rings. The van der Waals surface area contributed by atoms with Crippen molar-refractivity contribution in [1.29, 1.82) is 0 Å². The SMILES string of the molecule is CNc1c(Cl)ncnc1NCC1(C)COC1. The zero-order chi connectivity index (χ0) is 11.6. The second kappa shape index (κ2) is 4.43. The predicted molar refractivity (Wildman–Crippen MR) is 64.0 cm³/mol. The van der Waals surface area contributed by atoms with Gasteiger partial charge in [-0.25, -0.2) is 9.97 Å². The number of halogens is 1. The Hall–Kier alpha value is -1.07. The first-order chi connectivity index (χ1) is 7.64. The fourth-order valence-corrected chi connectivity index (χ4v) is 1.80. The Bertz CT molecular complexity index is 381. The minimum absolute atomic E-state index is 0.197. The molecular weight excluding hydrogens is 228 g/mol. The van der Waals surface area contributed by atoms with Crippen molar-refractivity contribution in [1.82, 2.24) is 9.97 Å². The maximum absolute atomic E-state index is 5.95. The van der Waals surface area contributed by atoms with Gasteiger partial charge >= 0.3 is 0 Å². The standard InChI is InChI=1S/C10H15ClN4O/c1-10(4-16-5-10)3-13-9-7(12-2)8(11)14-6-15-9/h6,12H,3-5H2,1-2H3,(H,13,14,15). The number of nitrogens with one attached hydrogen (secondary N) is 2. The summed E-state index contributed by atoms with van der Waals surface area (Å²) in [6.45, 7) is 4.56. The monoisotopic (exact) mass is 242 g/mol. The Kier molecular flexibility index (Phi) is 3.16. The summed E-state index contributed by atoms with van der Waals surface area (Å²) < 4.78 is 5.19. The zero-order valence-electron chi connectivity index (χ0n) is 9.38. The fourth-order valence-electron chi connectivity index (χ4n) is 1.57. The van der Waals surface area contributed by atoms with Gasteiger partial charge in [0.15, 0.2) is 11.0 Å². The molecule has 0 unspecified atom stereocenters. The highest BCUT2D eigenvalue weighted by Gasteiger charge is 2.33. The first-order valence-electron chi connectivity index (χ1n) is 5.14. The molecule has 2 rings (SSSR count). The first kappa shape index (κ1) is 11.4. The van der Waals surface area contributed by atoms with Crippen LogP contribution in [0.2, 0.25) is 5.15 Å². The van der Waals surface area contributed by atoms with Gasteiger partial charge in [-0.2, -0.15) is 0 Å². The summed E-state index contributed by atoms with van der Waals surface area (Å²) in [5.74, 6) is 0.732. The lowest BCUT2D eigenvalue weighted by Crippen LogP contribution is -2.45. The van der Waals surface area contributed by atoms with Crippen molar-refractivity contribution in [3.05, 3.63) is 11.5 Å². The van der Waals surface area contributed by atoms with E-state index in [1.54, 1.807) is 7.05 Å². The summed E-state index contributed by atoms with van der Waals surface area (Å²) in [5, 5.41) is 6.68. The molecule has 0 aliphatic carbocycles. The lowest BCUT2D eigenvalue weighted by atomic mass is 9.89. The largest absolute Gasteiger partial charge is 0.383 e. The van der Waals surface area contributed by atoms with Crippen LogP contribution in [0, 0.1) is 5.41 Å². The molecule has 0 aromatic carbocycles. The van der Waals surface area contributed by atoms with E-state index in [-0.39, 0.29) is 5.41 Å². The Morgan fingerprint density at radius 3 is 2.81 bits per heavy atom. The van der Waals surface area contributed by atoms with Gasteiger partial charge in [0.2, 0.25) is 0 Å². The molecule has 16 heavy (non-hydrogen) atoms. The first-order valence-corrected chi connectivity index (χ1v) is 5.52. The number of hydrogen-bond donors (Lipinski definition) is 2. The molecule has 0 atom stereocenters. The molecule has 0 bridgehead atoms. The number of nitrogens with zero attached hydrogens (tertiary/aromatic N) is 2. The van der Waals surface area contributed by atoms with Crippen LogP contribution in [-0.4, -0.2) is 36.8 Å². The van der Waals surface area contributed by atoms with Crippen molar-refractivity contribution in [3.63, 3.8) is 0 Å². The molecule has 1 aliphatic heterocycles. The van der Waals surface area contributed by atoms with Gasteiger partial charge in [0, 0.05) is 19.0 Å². The van der Waals surface area contributed by atoms with Gasteiger partial charge in [-0.1, -0.05) is 18.5 Å². The topological polar surface area (TPSA) is 59.1 Å². The number of ether oxygens (including phenoxy) is 1. The molecule has 0 amide bonds. The average Bonchev–Trinajstić information content (AvgIpc) is 2.24. The molecule has 6 heteroatoms. The van der Waals surface area contributed by atoms with Crippen molar-refractivity contribution < 1.29 is 4.74 Å². The van der Waals surface area contributed by atoms with Gasteiger partial charge in [-0.3, -0.25) is 0 Å². The van der Waals surface area contributed by atoms with Crippen LogP contribution < -0.4 is 10.6 Å². The van der Waals surface area contributed by atoms with Gasteiger partial charge in [0.25, 0.3) is 0 Å². The van der Waals surface area contributed by atoms with Gasteiger partial charge in [0.05, 0.1) is 13.2 Å². The second-order valence-electron chi connectivity index (χ2n) is 4.30. The van der Waals surface area contributed by atoms with Gasteiger partial charge in [0.1, 0.15) is 12.0 Å². The minimum Gasteiger partial charge on any atom is -0.383 e.